The minimum absolute atomic E-state index is 0.0407. The molecule has 0 aromatic heterocycles. The van der Waals surface area contributed by atoms with Gasteiger partial charge in [-0.1, -0.05) is 13.3 Å². The molecule has 18 heavy (non-hydrogen) atoms. The number of carboxylic acid groups (broad SMARTS) is 1. The van der Waals surface area contributed by atoms with E-state index in [1.165, 1.54) is 0 Å². The Morgan fingerprint density at radius 3 is 2.78 bits per heavy atom. The number of carbonyl (C=O) groups is 2. The maximum atomic E-state index is 11.7. The number of ether oxygens (including phenoxy) is 1. The lowest BCUT2D eigenvalue weighted by Crippen LogP contribution is -2.59. The van der Waals surface area contributed by atoms with Crippen LogP contribution in [0.3, 0.4) is 0 Å². The van der Waals surface area contributed by atoms with Crippen LogP contribution in [0.15, 0.2) is 0 Å². The Morgan fingerprint density at radius 1 is 1.56 bits per heavy atom. The summed E-state index contributed by atoms with van der Waals surface area (Å²) in [4.78, 5) is 24.5. The molecular formula is C13H21NO4. The first kappa shape index (κ1) is 13.3. The van der Waals surface area contributed by atoms with E-state index in [1.54, 1.807) is 4.90 Å². The molecule has 1 amide bonds. The SMILES string of the molecule is CCCC1CC(C(=O)O)(N(C=O)C2CC2)CCO1. The number of carbonyl (C=O) groups excluding carboxylic acids is 1. The summed E-state index contributed by atoms with van der Waals surface area (Å²) in [6.45, 7) is 2.48. The van der Waals surface area contributed by atoms with E-state index in [2.05, 4.69) is 6.92 Å². The maximum Gasteiger partial charge on any atom is 0.329 e. The Morgan fingerprint density at radius 2 is 2.28 bits per heavy atom. The smallest absolute Gasteiger partial charge is 0.329 e. The molecule has 1 aliphatic heterocycles. The van der Waals surface area contributed by atoms with E-state index in [0.29, 0.717) is 19.4 Å². The van der Waals surface area contributed by atoms with Gasteiger partial charge in [-0.15, -0.1) is 0 Å². The molecule has 2 unspecified atom stereocenters. The first-order chi connectivity index (χ1) is 8.64. The van der Waals surface area contributed by atoms with Gasteiger partial charge in [0.25, 0.3) is 0 Å². The summed E-state index contributed by atoms with van der Waals surface area (Å²) in [5.74, 6) is -0.883. The van der Waals surface area contributed by atoms with Gasteiger partial charge in [0.1, 0.15) is 5.54 Å². The Kier molecular flexibility index (Phi) is 3.90. The van der Waals surface area contributed by atoms with Crippen molar-refractivity contribution in [1.29, 1.82) is 0 Å². The first-order valence-corrected chi connectivity index (χ1v) is 6.73. The second kappa shape index (κ2) is 5.26. The van der Waals surface area contributed by atoms with E-state index in [-0.39, 0.29) is 12.1 Å². The Balaban J connectivity index is 2.19. The van der Waals surface area contributed by atoms with Crippen LogP contribution in [0.25, 0.3) is 0 Å². The molecule has 2 fully saturated rings. The maximum absolute atomic E-state index is 11.7. The fourth-order valence-corrected chi connectivity index (χ4v) is 2.87. The van der Waals surface area contributed by atoms with Crippen molar-refractivity contribution in [3.63, 3.8) is 0 Å². The molecule has 1 N–H and O–H groups in total. The molecule has 1 saturated heterocycles. The standard InChI is InChI=1S/C13H21NO4/c1-2-3-11-8-13(12(16)17,6-7-18-11)14(9-15)10-4-5-10/h9-11H,2-8H2,1H3,(H,16,17). The average molecular weight is 255 g/mol. The summed E-state index contributed by atoms with van der Waals surface area (Å²) in [7, 11) is 0. The van der Waals surface area contributed by atoms with Crippen LogP contribution in [0.5, 0.6) is 0 Å². The zero-order chi connectivity index (χ0) is 13.2. The lowest BCUT2D eigenvalue weighted by molar-refractivity contribution is -0.167. The van der Waals surface area contributed by atoms with Gasteiger partial charge < -0.3 is 14.7 Å². The highest BCUT2D eigenvalue weighted by atomic mass is 16.5. The zero-order valence-corrected chi connectivity index (χ0v) is 10.8. The second-order valence-electron chi connectivity index (χ2n) is 5.32. The van der Waals surface area contributed by atoms with Crippen LogP contribution in [0.1, 0.15) is 45.4 Å². The lowest BCUT2D eigenvalue weighted by atomic mass is 9.83. The third kappa shape index (κ3) is 2.36. The van der Waals surface area contributed by atoms with Crippen LogP contribution in [0, 0.1) is 0 Å². The van der Waals surface area contributed by atoms with Crippen LogP contribution in [0.2, 0.25) is 0 Å². The zero-order valence-electron chi connectivity index (χ0n) is 10.8. The largest absolute Gasteiger partial charge is 0.479 e. The summed E-state index contributed by atoms with van der Waals surface area (Å²) in [6.07, 6.45) is 5.17. The quantitative estimate of drug-likeness (QED) is 0.729. The monoisotopic (exact) mass is 255 g/mol. The highest BCUT2D eigenvalue weighted by molar-refractivity contribution is 5.82. The van der Waals surface area contributed by atoms with Gasteiger partial charge >= 0.3 is 5.97 Å². The highest BCUT2D eigenvalue weighted by Gasteiger charge is 2.52. The van der Waals surface area contributed by atoms with Crippen molar-refractivity contribution in [3.8, 4) is 0 Å². The Hall–Kier alpha value is -1.10. The Bertz CT molecular complexity index is 327. The summed E-state index contributed by atoms with van der Waals surface area (Å²) < 4.78 is 5.61. The van der Waals surface area contributed by atoms with Gasteiger partial charge in [0.05, 0.1) is 6.10 Å². The van der Waals surface area contributed by atoms with E-state index >= 15 is 0 Å². The minimum atomic E-state index is -1.04. The number of hydrogen-bond acceptors (Lipinski definition) is 3. The molecule has 0 bridgehead atoms. The van der Waals surface area contributed by atoms with E-state index in [1.807, 2.05) is 0 Å². The fraction of sp³-hybridized carbons (Fsp3) is 0.846. The van der Waals surface area contributed by atoms with Gasteiger partial charge in [0.15, 0.2) is 0 Å². The molecule has 0 aromatic rings. The third-order valence-corrected chi connectivity index (χ3v) is 3.99. The van der Waals surface area contributed by atoms with Crippen LogP contribution in [0.4, 0.5) is 0 Å². The van der Waals surface area contributed by atoms with Crippen LogP contribution in [-0.2, 0) is 14.3 Å². The number of amides is 1. The molecule has 2 rings (SSSR count). The highest BCUT2D eigenvalue weighted by Crippen LogP contribution is 2.39. The molecule has 1 saturated carbocycles. The summed E-state index contributed by atoms with van der Waals surface area (Å²) in [6, 6.07) is 0.124. The molecule has 1 aliphatic carbocycles. The molecule has 1 heterocycles. The van der Waals surface area contributed by atoms with Gasteiger partial charge in [0, 0.05) is 25.5 Å². The van der Waals surface area contributed by atoms with Gasteiger partial charge in [-0.25, -0.2) is 4.79 Å². The van der Waals surface area contributed by atoms with E-state index < -0.39 is 11.5 Å². The van der Waals surface area contributed by atoms with Gasteiger partial charge in [-0.2, -0.15) is 0 Å². The molecule has 5 heteroatoms. The predicted octanol–water partition coefficient (Wildman–Crippen LogP) is 1.41. The van der Waals surface area contributed by atoms with Crippen LogP contribution >= 0.6 is 0 Å². The van der Waals surface area contributed by atoms with Gasteiger partial charge in [0.2, 0.25) is 6.41 Å². The van der Waals surface area contributed by atoms with Crippen molar-refractivity contribution in [2.24, 2.45) is 0 Å². The summed E-state index contributed by atoms with van der Waals surface area (Å²) in [5.41, 5.74) is -1.04. The molecule has 2 aliphatic rings. The normalized spacial score (nSPS) is 31.9. The molecule has 2 atom stereocenters. The van der Waals surface area contributed by atoms with Gasteiger partial charge in [-0.05, 0) is 19.3 Å². The Labute approximate surface area is 107 Å². The van der Waals surface area contributed by atoms with Crippen molar-refractivity contribution in [2.45, 2.75) is 63.1 Å². The average Bonchev–Trinajstić information content (AvgIpc) is 3.15. The van der Waals surface area contributed by atoms with Crippen molar-refractivity contribution >= 4 is 12.4 Å². The minimum Gasteiger partial charge on any atom is -0.479 e. The number of aliphatic carboxylic acids is 1. The second-order valence-corrected chi connectivity index (χ2v) is 5.32. The summed E-state index contributed by atoms with van der Waals surface area (Å²) in [5, 5.41) is 9.60. The summed E-state index contributed by atoms with van der Waals surface area (Å²) >= 11 is 0. The number of carboxylic acids is 1. The van der Waals surface area contributed by atoms with Crippen molar-refractivity contribution in [3.05, 3.63) is 0 Å². The van der Waals surface area contributed by atoms with Crippen LogP contribution in [-0.4, -0.2) is 46.7 Å². The van der Waals surface area contributed by atoms with Crippen molar-refractivity contribution in [2.75, 3.05) is 6.61 Å². The third-order valence-electron chi connectivity index (χ3n) is 3.99. The van der Waals surface area contributed by atoms with Crippen LogP contribution < -0.4 is 0 Å². The predicted molar refractivity (Wildman–Crippen MR) is 65.2 cm³/mol. The molecule has 0 radical (unpaired) electrons. The van der Waals surface area contributed by atoms with Crippen molar-refractivity contribution in [1.82, 2.24) is 4.90 Å². The molecule has 0 spiro atoms. The molecule has 5 nitrogen and oxygen atoms in total. The molecular weight excluding hydrogens is 234 g/mol. The number of nitrogens with zero attached hydrogens (tertiary/aromatic N) is 1. The fourth-order valence-electron chi connectivity index (χ4n) is 2.87. The van der Waals surface area contributed by atoms with E-state index in [9.17, 15) is 14.7 Å². The number of hydrogen-bond donors (Lipinski definition) is 1. The van der Waals surface area contributed by atoms with E-state index in [0.717, 1.165) is 32.1 Å². The van der Waals surface area contributed by atoms with E-state index in [4.69, 9.17) is 4.74 Å². The van der Waals surface area contributed by atoms with Crippen molar-refractivity contribution < 1.29 is 19.4 Å². The first-order valence-electron chi connectivity index (χ1n) is 6.73. The topological polar surface area (TPSA) is 66.8 Å². The van der Waals surface area contributed by atoms with Gasteiger partial charge in [-0.3, -0.25) is 4.79 Å². The lowest BCUT2D eigenvalue weighted by Gasteiger charge is -2.44. The number of rotatable bonds is 6. The molecule has 102 valence electrons. The molecule has 0 aromatic carbocycles.